The van der Waals surface area contributed by atoms with Crippen LogP contribution in [0, 0.1) is 0 Å². The predicted molar refractivity (Wildman–Crippen MR) is 97.1 cm³/mol. The van der Waals surface area contributed by atoms with E-state index in [-0.39, 0.29) is 5.56 Å². The van der Waals surface area contributed by atoms with Gasteiger partial charge in [0.2, 0.25) is 5.91 Å². The molecule has 160 valence electrons. The van der Waals surface area contributed by atoms with Crippen LogP contribution in [0.4, 0.5) is 13.2 Å². The Hall–Kier alpha value is -2.17. The van der Waals surface area contributed by atoms with E-state index in [9.17, 15) is 27.9 Å². The third kappa shape index (κ3) is 5.68. The van der Waals surface area contributed by atoms with Gasteiger partial charge in [-0.05, 0) is 31.0 Å². The number of alkyl halides is 3. The van der Waals surface area contributed by atoms with Crippen LogP contribution >= 0.6 is 0 Å². The van der Waals surface area contributed by atoms with E-state index in [0.29, 0.717) is 32.3 Å². The van der Waals surface area contributed by atoms with Crippen LogP contribution in [0.15, 0.2) is 24.3 Å². The van der Waals surface area contributed by atoms with Crippen molar-refractivity contribution in [1.29, 1.82) is 0 Å². The summed E-state index contributed by atoms with van der Waals surface area (Å²) >= 11 is 0. The van der Waals surface area contributed by atoms with Gasteiger partial charge in [-0.15, -0.1) is 0 Å². The summed E-state index contributed by atoms with van der Waals surface area (Å²) in [5, 5.41) is 15.2. The van der Waals surface area contributed by atoms with E-state index >= 15 is 0 Å². The standard InChI is InChI=1S/C19H24F3N3O4/c20-19(21,22)13-3-1-2-12(8-13)18(28)23-9-17(27)24-15-10-25(11-16(15)26)14-4-6-29-7-5-14/h1-3,8,14-16,26H,4-7,9-11H2,(H,23,28)(H,24,27)/t15-,16-/m0/s1. The highest BCUT2D eigenvalue weighted by atomic mass is 19.4. The number of hydrogen-bond donors (Lipinski definition) is 3. The molecule has 2 heterocycles. The number of likely N-dealkylation sites (tertiary alicyclic amines) is 1. The number of nitrogens with one attached hydrogen (secondary N) is 2. The summed E-state index contributed by atoms with van der Waals surface area (Å²) in [6.07, 6.45) is -3.52. The fourth-order valence-electron chi connectivity index (χ4n) is 3.66. The van der Waals surface area contributed by atoms with Crippen molar-refractivity contribution in [1.82, 2.24) is 15.5 Å². The highest BCUT2D eigenvalue weighted by Crippen LogP contribution is 2.29. The third-order valence-electron chi connectivity index (χ3n) is 5.23. The Bertz CT molecular complexity index is 738. The monoisotopic (exact) mass is 415 g/mol. The molecule has 0 aliphatic carbocycles. The van der Waals surface area contributed by atoms with Gasteiger partial charge in [-0.1, -0.05) is 6.07 Å². The number of carbonyl (C=O) groups is 2. The fraction of sp³-hybridized carbons (Fsp3) is 0.579. The van der Waals surface area contributed by atoms with Gasteiger partial charge >= 0.3 is 6.18 Å². The average molecular weight is 415 g/mol. The maximum absolute atomic E-state index is 12.7. The van der Waals surface area contributed by atoms with E-state index < -0.39 is 42.2 Å². The van der Waals surface area contributed by atoms with Crippen LogP contribution < -0.4 is 10.6 Å². The average Bonchev–Trinajstić information content (AvgIpc) is 3.06. The van der Waals surface area contributed by atoms with Gasteiger partial charge < -0.3 is 20.5 Å². The lowest BCUT2D eigenvalue weighted by molar-refractivity contribution is -0.137. The Labute approximate surface area is 166 Å². The van der Waals surface area contributed by atoms with E-state index in [1.54, 1.807) is 0 Å². The number of ether oxygens (including phenoxy) is 1. The minimum absolute atomic E-state index is 0.181. The molecule has 0 unspecified atom stereocenters. The summed E-state index contributed by atoms with van der Waals surface area (Å²) in [6, 6.07) is 3.83. The molecule has 0 saturated carbocycles. The van der Waals surface area contributed by atoms with Crippen molar-refractivity contribution in [3.63, 3.8) is 0 Å². The molecule has 0 spiro atoms. The maximum atomic E-state index is 12.7. The Kier molecular flexibility index (Phi) is 6.76. The number of hydrogen-bond acceptors (Lipinski definition) is 5. The molecule has 2 aliphatic rings. The fourth-order valence-corrected chi connectivity index (χ4v) is 3.66. The highest BCUT2D eigenvalue weighted by Gasteiger charge is 2.36. The van der Waals surface area contributed by atoms with E-state index in [1.807, 2.05) is 0 Å². The van der Waals surface area contributed by atoms with Crippen molar-refractivity contribution < 1.29 is 32.6 Å². The molecule has 7 nitrogen and oxygen atoms in total. The van der Waals surface area contributed by atoms with Crippen LogP contribution in [-0.2, 0) is 15.7 Å². The van der Waals surface area contributed by atoms with Crippen LogP contribution in [0.2, 0.25) is 0 Å². The lowest BCUT2D eigenvalue weighted by Gasteiger charge is -2.30. The van der Waals surface area contributed by atoms with Gasteiger partial charge in [-0.2, -0.15) is 13.2 Å². The Morgan fingerprint density at radius 1 is 1.21 bits per heavy atom. The molecule has 0 aromatic heterocycles. The van der Waals surface area contributed by atoms with Crippen molar-refractivity contribution in [2.75, 3.05) is 32.8 Å². The van der Waals surface area contributed by atoms with Crippen LogP contribution in [0.25, 0.3) is 0 Å². The second kappa shape index (κ2) is 9.10. The summed E-state index contributed by atoms with van der Waals surface area (Å²) in [6.45, 7) is 1.91. The summed E-state index contributed by atoms with van der Waals surface area (Å²) in [7, 11) is 0. The highest BCUT2D eigenvalue weighted by molar-refractivity contribution is 5.96. The first-order valence-electron chi connectivity index (χ1n) is 9.48. The van der Waals surface area contributed by atoms with Gasteiger partial charge in [0.1, 0.15) is 0 Å². The van der Waals surface area contributed by atoms with Gasteiger partial charge in [0.05, 0.1) is 24.3 Å². The number of β-amino-alcohol motifs (C(OH)–C–C–N with tert-alkyl or cyclic N) is 1. The largest absolute Gasteiger partial charge is 0.416 e. The second-order valence-electron chi connectivity index (χ2n) is 7.30. The number of aliphatic hydroxyl groups is 1. The van der Waals surface area contributed by atoms with Crippen molar-refractivity contribution in [3.8, 4) is 0 Å². The number of nitrogens with zero attached hydrogens (tertiary/aromatic N) is 1. The summed E-state index contributed by atoms with van der Waals surface area (Å²) < 4.78 is 43.6. The zero-order chi connectivity index (χ0) is 21.0. The molecule has 0 bridgehead atoms. The Morgan fingerprint density at radius 3 is 2.62 bits per heavy atom. The molecule has 3 N–H and O–H groups in total. The zero-order valence-corrected chi connectivity index (χ0v) is 15.7. The number of rotatable bonds is 5. The van der Waals surface area contributed by atoms with Crippen LogP contribution in [0.5, 0.6) is 0 Å². The van der Waals surface area contributed by atoms with Crippen LogP contribution in [0.3, 0.4) is 0 Å². The molecule has 0 radical (unpaired) electrons. The maximum Gasteiger partial charge on any atom is 0.416 e. The van der Waals surface area contributed by atoms with Gasteiger partial charge in [-0.3, -0.25) is 14.5 Å². The molecule has 10 heteroatoms. The van der Waals surface area contributed by atoms with Gasteiger partial charge in [0.25, 0.3) is 5.91 Å². The SMILES string of the molecule is O=C(CNC(=O)c1cccc(C(F)(F)F)c1)N[C@H]1CN(C2CCOCC2)C[C@@H]1O. The first kappa shape index (κ1) is 21.5. The number of carbonyl (C=O) groups excluding carboxylic acids is 2. The quantitative estimate of drug-likeness (QED) is 0.661. The number of halogens is 3. The third-order valence-corrected chi connectivity index (χ3v) is 5.23. The van der Waals surface area contributed by atoms with E-state index in [1.165, 1.54) is 6.07 Å². The van der Waals surface area contributed by atoms with Crippen molar-refractivity contribution in [2.45, 2.75) is 37.2 Å². The van der Waals surface area contributed by atoms with Gasteiger partial charge in [0.15, 0.2) is 0 Å². The van der Waals surface area contributed by atoms with E-state index in [0.717, 1.165) is 31.0 Å². The van der Waals surface area contributed by atoms with E-state index in [4.69, 9.17) is 4.74 Å². The van der Waals surface area contributed by atoms with E-state index in [2.05, 4.69) is 15.5 Å². The molecular formula is C19H24F3N3O4. The molecule has 2 amide bonds. The molecule has 1 aromatic carbocycles. The Morgan fingerprint density at radius 2 is 1.93 bits per heavy atom. The molecule has 2 atom stereocenters. The summed E-state index contributed by atoms with van der Waals surface area (Å²) in [4.78, 5) is 26.3. The first-order chi connectivity index (χ1) is 13.7. The summed E-state index contributed by atoms with van der Waals surface area (Å²) in [5.74, 6) is -1.29. The molecule has 1 aromatic rings. The molecule has 3 rings (SSSR count). The van der Waals surface area contributed by atoms with Crippen molar-refractivity contribution >= 4 is 11.8 Å². The Balaban J connectivity index is 1.48. The smallest absolute Gasteiger partial charge is 0.390 e. The minimum atomic E-state index is -4.55. The second-order valence-corrected chi connectivity index (χ2v) is 7.30. The number of benzene rings is 1. The summed E-state index contributed by atoms with van der Waals surface area (Å²) in [5.41, 5.74) is -1.11. The lowest BCUT2D eigenvalue weighted by Crippen LogP contribution is -2.47. The molecule has 2 saturated heterocycles. The minimum Gasteiger partial charge on any atom is -0.390 e. The van der Waals surface area contributed by atoms with Crippen molar-refractivity contribution in [2.24, 2.45) is 0 Å². The molecular weight excluding hydrogens is 391 g/mol. The zero-order valence-electron chi connectivity index (χ0n) is 15.7. The number of amides is 2. The molecule has 29 heavy (non-hydrogen) atoms. The van der Waals surface area contributed by atoms with Gasteiger partial charge in [-0.25, -0.2) is 0 Å². The molecule has 2 fully saturated rings. The van der Waals surface area contributed by atoms with Crippen LogP contribution in [-0.4, -0.2) is 72.9 Å². The predicted octanol–water partition coefficient (Wildman–Crippen LogP) is 0.775. The number of aliphatic hydroxyl groups excluding tert-OH is 1. The topological polar surface area (TPSA) is 90.9 Å². The lowest BCUT2D eigenvalue weighted by atomic mass is 10.1. The van der Waals surface area contributed by atoms with Crippen LogP contribution in [0.1, 0.15) is 28.8 Å². The first-order valence-corrected chi connectivity index (χ1v) is 9.48. The normalized spacial score (nSPS) is 23.7. The van der Waals surface area contributed by atoms with Gasteiger partial charge in [0, 0.05) is 37.9 Å². The molecule has 2 aliphatic heterocycles. The van der Waals surface area contributed by atoms with Crippen molar-refractivity contribution in [3.05, 3.63) is 35.4 Å².